The van der Waals surface area contributed by atoms with Gasteiger partial charge in [-0.1, -0.05) is 54.6 Å². The van der Waals surface area contributed by atoms with E-state index in [2.05, 4.69) is 34.2 Å². The predicted molar refractivity (Wildman–Crippen MR) is 113 cm³/mol. The fraction of sp³-hybridized carbons (Fsp3) is 0.304. The first-order chi connectivity index (χ1) is 13.7. The lowest BCUT2D eigenvalue weighted by Crippen LogP contribution is -2.44. The molecule has 2 aromatic rings. The molecule has 1 amide bonds. The van der Waals surface area contributed by atoms with Crippen molar-refractivity contribution in [3.05, 3.63) is 76.2 Å². The number of rotatable bonds is 1. The van der Waals surface area contributed by atoms with Gasteiger partial charge in [-0.2, -0.15) is 4.99 Å². The Balaban J connectivity index is 1.32. The van der Waals surface area contributed by atoms with Crippen molar-refractivity contribution in [2.75, 3.05) is 13.1 Å². The van der Waals surface area contributed by atoms with E-state index in [-0.39, 0.29) is 11.5 Å². The Morgan fingerprint density at radius 2 is 1.79 bits per heavy atom. The summed E-state index contributed by atoms with van der Waals surface area (Å²) < 4.78 is 6.25. The molecule has 3 aliphatic heterocycles. The summed E-state index contributed by atoms with van der Waals surface area (Å²) in [5.41, 5.74) is 4.55. The highest BCUT2D eigenvalue weighted by Crippen LogP contribution is 2.45. The minimum Gasteiger partial charge on any atom is -0.365 e. The van der Waals surface area contributed by atoms with Crippen molar-refractivity contribution < 1.29 is 9.53 Å². The number of carbonyl (C=O) groups is 1. The van der Waals surface area contributed by atoms with Crippen LogP contribution in [-0.2, 0) is 21.7 Å². The average Bonchev–Trinajstić information content (AvgIpc) is 3.30. The van der Waals surface area contributed by atoms with E-state index in [9.17, 15) is 4.79 Å². The number of thioether (sulfide) groups is 1. The summed E-state index contributed by atoms with van der Waals surface area (Å²) in [7, 11) is 0. The molecule has 3 aliphatic rings. The molecular formula is C23H22N2O2S. The Labute approximate surface area is 169 Å². The van der Waals surface area contributed by atoms with Crippen LogP contribution in [0.5, 0.6) is 0 Å². The molecule has 0 atom stereocenters. The molecule has 5 rings (SSSR count). The molecular weight excluding hydrogens is 368 g/mol. The number of hydrogen-bond donors (Lipinski definition) is 0. The van der Waals surface area contributed by atoms with Gasteiger partial charge in [-0.3, -0.25) is 4.79 Å². The Morgan fingerprint density at radius 1 is 1.07 bits per heavy atom. The minimum absolute atomic E-state index is 0.121. The van der Waals surface area contributed by atoms with Crippen molar-refractivity contribution >= 4 is 28.4 Å². The standard InChI is InChI=1S/C23H22N2O2S/c1-16(17-7-3-2-4-8-17)20-21(26)24-22(28-20)25-13-11-23(12-14-25)19-10-6-5-9-18(19)15-27-23/h2-10H,11-15H2,1H3/b20-16-. The van der Waals surface area contributed by atoms with E-state index in [1.54, 1.807) is 0 Å². The van der Waals surface area contributed by atoms with E-state index in [1.165, 1.54) is 22.9 Å². The second-order valence-corrected chi connectivity index (χ2v) is 8.53. The van der Waals surface area contributed by atoms with Crippen molar-refractivity contribution in [3.63, 3.8) is 0 Å². The predicted octanol–water partition coefficient (Wildman–Crippen LogP) is 4.57. The maximum Gasteiger partial charge on any atom is 0.286 e. The van der Waals surface area contributed by atoms with Crippen molar-refractivity contribution in [2.45, 2.75) is 32.0 Å². The van der Waals surface area contributed by atoms with Gasteiger partial charge >= 0.3 is 0 Å². The van der Waals surface area contributed by atoms with Crippen LogP contribution in [-0.4, -0.2) is 29.1 Å². The summed E-state index contributed by atoms with van der Waals surface area (Å²) in [6, 6.07) is 18.6. The number of amidine groups is 1. The Kier molecular flexibility index (Phi) is 4.37. The molecule has 0 N–H and O–H groups in total. The van der Waals surface area contributed by atoms with Gasteiger partial charge in [0.05, 0.1) is 17.1 Å². The topological polar surface area (TPSA) is 41.9 Å². The van der Waals surface area contributed by atoms with E-state index in [0.717, 1.165) is 47.1 Å². The molecule has 0 unspecified atom stereocenters. The van der Waals surface area contributed by atoms with Gasteiger partial charge in [-0.25, -0.2) is 0 Å². The molecule has 2 aromatic carbocycles. The van der Waals surface area contributed by atoms with Crippen LogP contribution in [0.15, 0.2) is 64.5 Å². The van der Waals surface area contributed by atoms with Gasteiger partial charge < -0.3 is 9.64 Å². The lowest BCUT2D eigenvalue weighted by Gasteiger charge is -2.39. The number of likely N-dealkylation sites (tertiary alicyclic amines) is 1. The van der Waals surface area contributed by atoms with Crippen LogP contribution < -0.4 is 0 Å². The third-order valence-corrected chi connectivity index (χ3v) is 7.20. The number of fused-ring (bicyclic) bond motifs is 2. The monoisotopic (exact) mass is 390 g/mol. The summed E-state index contributed by atoms with van der Waals surface area (Å²) in [5.74, 6) is -0.121. The van der Waals surface area contributed by atoms with Crippen molar-refractivity contribution in [1.29, 1.82) is 0 Å². The number of allylic oxidation sites excluding steroid dienone is 1. The van der Waals surface area contributed by atoms with Gasteiger partial charge in [0.1, 0.15) is 0 Å². The van der Waals surface area contributed by atoms with Crippen LogP contribution in [0.1, 0.15) is 36.5 Å². The quantitative estimate of drug-likeness (QED) is 0.669. The highest BCUT2D eigenvalue weighted by molar-refractivity contribution is 8.18. The first kappa shape index (κ1) is 17.7. The molecule has 3 heterocycles. The molecule has 28 heavy (non-hydrogen) atoms. The summed E-state index contributed by atoms with van der Waals surface area (Å²) >= 11 is 1.51. The third kappa shape index (κ3) is 2.90. The maximum absolute atomic E-state index is 12.5. The van der Waals surface area contributed by atoms with Gasteiger partial charge in [0.25, 0.3) is 5.91 Å². The van der Waals surface area contributed by atoms with Crippen LogP contribution in [0.25, 0.3) is 5.57 Å². The number of piperidine rings is 1. The Morgan fingerprint density at radius 3 is 2.57 bits per heavy atom. The molecule has 0 aliphatic carbocycles. The van der Waals surface area contributed by atoms with Crippen LogP contribution in [0.4, 0.5) is 0 Å². The SMILES string of the molecule is C/C(=C1/SC(N2CCC3(CC2)OCc2ccccc23)=NC1=O)c1ccccc1. The van der Waals surface area contributed by atoms with Crippen LogP contribution >= 0.6 is 11.8 Å². The third-order valence-electron chi connectivity index (χ3n) is 5.99. The number of ether oxygens (including phenoxy) is 1. The highest BCUT2D eigenvalue weighted by atomic mass is 32.2. The van der Waals surface area contributed by atoms with E-state index in [4.69, 9.17) is 4.74 Å². The number of benzene rings is 2. The van der Waals surface area contributed by atoms with Gasteiger partial charge in [-0.05, 0) is 53.8 Å². The molecule has 5 heteroatoms. The fourth-order valence-electron chi connectivity index (χ4n) is 4.34. The zero-order valence-corrected chi connectivity index (χ0v) is 16.7. The second-order valence-electron chi connectivity index (χ2n) is 7.55. The van der Waals surface area contributed by atoms with Crippen LogP contribution in [0.3, 0.4) is 0 Å². The van der Waals surface area contributed by atoms with E-state index in [1.807, 2.05) is 37.3 Å². The van der Waals surface area contributed by atoms with Crippen LogP contribution in [0, 0.1) is 0 Å². The molecule has 0 radical (unpaired) electrons. The number of aliphatic imine (C=N–C) groups is 1. The van der Waals surface area contributed by atoms with Crippen molar-refractivity contribution in [2.24, 2.45) is 4.99 Å². The van der Waals surface area contributed by atoms with Gasteiger partial charge in [0.15, 0.2) is 5.17 Å². The van der Waals surface area contributed by atoms with E-state index < -0.39 is 0 Å². The van der Waals surface area contributed by atoms with Gasteiger partial charge in [-0.15, -0.1) is 0 Å². The lowest BCUT2D eigenvalue weighted by molar-refractivity contribution is -0.113. The maximum atomic E-state index is 12.5. The summed E-state index contributed by atoms with van der Waals surface area (Å²) in [6.07, 6.45) is 1.85. The zero-order valence-electron chi connectivity index (χ0n) is 15.9. The summed E-state index contributed by atoms with van der Waals surface area (Å²) in [6.45, 7) is 4.41. The summed E-state index contributed by atoms with van der Waals surface area (Å²) in [5, 5.41) is 0.830. The molecule has 1 saturated heterocycles. The highest BCUT2D eigenvalue weighted by Gasteiger charge is 2.43. The van der Waals surface area contributed by atoms with Gasteiger partial charge in [0, 0.05) is 13.1 Å². The zero-order chi connectivity index (χ0) is 19.1. The normalized spacial score (nSPS) is 22.4. The Bertz CT molecular complexity index is 989. The first-order valence-corrected chi connectivity index (χ1v) is 10.5. The molecule has 1 fully saturated rings. The largest absolute Gasteiger partial charge is 0.365 e. The number of carbonyl (C=O) groups excluding carboxylic acids is 1. The lowest BCUT2D eigenvalue weighted by atomic mass is 9.84. The smallest absolute Gasteiger partial charge is 0.286 e. The van der Waals surface area contributed by atoms with Crippen molar-refractivity contribution in [1.82, 2.24) is 4.90 Å². The molecule has 0 saturated carbocycles. The molecule has 1 spiro atoms. The average molecular weight is 391 g/mol. The number of amides is 1. The molecule has 142 valence electrons. The molecule has 4 nitrogen and oxygen atoms in total. The summed E-state index contributed by atoms with van der Waals surface area (Å²) in [4.78, 5) is 19.9. The van der Waals surface area contributed by atoms with Crippen molar-refractivity contribution in [3.8, 4) is 0 Å². The van der Waals surface area contributed by atoms with Gasteiger partial charge in [0.2, 0.25) is 0 Å². The Hall–Kier alpha value is -2.37. The van der Waals surface area contributed by atoms with Crippen LogP contribution in [0.2, 0.25) is 0 Å². The number of nitrogens with zero attached hydrogens (tertiary/aromatic N) is 2. The first-order valence-electron chi connectivity index (χ1n) is 9.71. The van der Waals surface area contributed by atoms with E-state index >= 15 is 0 Å². The minimum atomic E-state index is -0.167. The fourth-order valence-corrected chi connectivity index (χ4v) is 5.37. The molecule has 0 aromatic heterocycles. The molecule has 0 bridgehead atoms. The van der Waals surface area contributed by atoms with E-state index in [0.29, 0.717) is 6.61 Å². The second kappa shape index (κ2) is 6.90. The number of hydrogen-bond acceptors (Lipinski definition) is 4.